The van der Waals surface area contributed by atoms with Crippen LogP contribution in [-0.2, 0) is 17.9 Å². The molecule has 4 rings (SSSR count). The number of thioether (sulfide) groups is 1. The Morgan fingerprint density at radius 3 is 2.66 bits per heavy atom. The second kappa shape index (κ2) is 12.2. The Kier molecular flexibility index (Phi) is 8.78. The third kappa shape index (κ3) is 6.39. The first-order valence-corrected chi connectivity index (χ1v) is 12.4. The number of amides is 1. The number of hydrogen-bond acceptors (Lipinski definition) is 7. The summed E-state index contributed by atoms with van der Waals surface area (Å²) in [4.78, 5) is 12.3. The monoisotopic (exact) mass is 569 g/mol. The number of hydrazone groups is 1. The van der Waals surface area contributed by atoms with Gasteiger partial charge in [0.25, 0.3) is 18.8 Å². The number of alkyl halides is 4. The predicted molar refractivity (Wildman–Crippen MR) is 132 cm³/mol. The molecule has 0 radical (unpaired) electrons. The highest BCUT2D eigenvalue weighted by Crippen LogP contribution is 2.26. The molecule has 0 unspecified atom stereocenters. The molecule has 1 aromatic carbocycles. The number of aromatic amines is 1. The van der Waals surface area contributed by atoms with Crippen molar-refractivity contribution < 1.29 is 22.4 Å². The van der Waals surface area contributed by atoms with Crippen LogP contribution < -0.4 is 5.43 Å². The molecule has 0 saturated carbocycles. The molecule has 0 bridgehead atoms. The minimum absolute atomic E-state index is 0.0650. The Labute approximate surface area is 222 Å². The van der Waals surface area contributed by atoms with E-state index in [0.29, 0.717) is 34.0 Å². The van der Waals surface area contributed by atoms with Crippen molar-refractivity contribution in [3.8, 4) is 11.3 Å². The number of aromatic nitrogens is 7. The maximum atomic E-state index is 13.3. The van der Waals surface area contributed by atoms with Crippen molar-refractivity contribution in [1.29, 1.82) is 0 Å². The molecule has 4 aromatic rings. The van der Waals surface area contributed by atoms with Gasteiger partial charge in [-0.05, 0) is 25.1 Å². The van der Waals surface area contributed by atoms with Crippen molar-refractivity contribution in [1.82, 2.24) is 40.2 Å². The van der Waals surface area contributed by atoms with Gasteiger partial charge in [-0.3, -0.25) is 14.6 Å². The van der Waals surface area contributed by atoms with Crippen molar-refractivity contribution in [2.75, 3.05) is 5.75 Å². The minimum Gasteiger partial charge on any atom is -0.305 e. The summed E-state index contributed by atoms with van der Waals surface area (Å²) >= 11 is 6.98. The summed E-state index contributed by atoms with van der Waals surface area (Å²) in [6, 6.07) is 7.79. The van der Waals surface area contributed by atoms with Crippen LogP contribution in [0.2, 0.25) is 5.02 Å². The number of halogens is 5. The van der Waals surface area contributed by atoms with Gasteiger partial charge in [-0.2, -0.15) is 15.3 Å². The molecule has 1 amide bonds. The van der Waals surface area contributed by atoms with Crippen LogP contribution in [-0.4, -0.2) is 52.6 Å². The van der Waals surface area contributed by atoms with Gasteiger partial charge in [-0.15, -0.1) is 10.2 Å². The van der Waals surface area contributed by atoms with E-state index in [9.17, 15) is 22.4 Å². The third-order valence-electron chi connectivity index (χ3n) is 5.20. The molecule has 3 aromatic heterocycles. The lowest BCUT2D eigenvalue weighted by atomic mass is 10.1. The highest BCUT2D eigenvalue weighted by Gasteiger charge is 2.23. The van der Waals surface area contributed by atoms with E-state index >= 15 is 0 Å². The largest absolute Gasteiger partial charge is 0.305 e. The number of benzene rings is 1. The molecule has 16 heteroatoms. The molecular weight excluding hydrogens is 550 g/mol. The number of rotatable bonds is 11. The number of nitrogens with one attached hydrogen (secondary N) is 2. The van der Waals surface area contributed by atoms with Crippen molar-refractivity contribution in [2.24, 2.45) is 5.10 Å². The van der Waals surface area contributed by atoms with E-state index in [4.69, 9.17) is 11.6 Å². The summed E-state index contributed by atoms with van der Waals surface area (Å²) in [7, 11) is 0. The summed E-state index contributed by atoms with van der Waals surface area (Å²) in [6.07, 6.45) is -2.97. The molecule has 0 aliphatic carbocycles. The first kappa shape index (κ1) is 27.3. The second-order valence-electron chi connectivity index (χ2n) is 7.69. The van der Waals surface area contributed by atoms with Gasteiger partial charge in [0.2, 0.25) is 0 Å². The molecule has 38 heavy (non-hydrogen) atoms. The Morgan fingerprint density at radius 1 is 1.21 bits per heavy atom. The van der Waals surface area contributed by atoms with E-state index in [2.05, 4.69) is 36.0 Å². The smallest absolute Gasteiger partial charge is 0.282 e. The van der Waals surface area contributed by atoms with E-state index in [1.54, 1.807) is 29.8 Å². The molecule has 2 N–H and O–H groups in total. The van der Waals surface area contributed by atoms with Crippen LogP contribution >= 0.6 is 23.4 Å². The average molecular weight is 570 g/mol. The van der Waals surface area contributed by atoms with Crippen LogP contribution in [0.1, 0.15) is 42.6 Å². The lowest BCUT2D eigenvalue weighted by Crippen LogP contribution is -2.20. The van der Waals surface area contributed by atoms with E-state index in [0.717, 1.165) is 22.0 Å². The van der Waals surface area contributed by atoms with Gasteiger partial charge in [0.05, 0.1) is 23.9 Å². The molecular formula is C22H20ClF4N9OS. The lowest BCUT2D eigenvalue weighted by molar-refractivity contribution is -0.118. The Bertz CT molecular complexity index is 1420. The highest BCUT2D eigenvalue weighted by molar-refractivity contribution is 7.99. The van der Waals surface area contributed by atoms with E-state index < -0.39 is 30.1 Å². The fraction of sp³-hybridized carbons (Fsp3) is 0.273. The summed E-state index contributed by atoms with van der Waals surface area (Å²) in [6.45, 7) is 1.84. The SMILES string of the molecule is CCn1c(Cn2nc(C(F)F)cc2C(F)F)nnc1SCC(=O)N/N=C/c1cn[nH]c1-c1ccc(Cl)cc1. The zero-order chi connectivity index (χ0) is 27.2. The second-order valence-corrected chi connectivity index (χ2v) is 9.06. The van der Waals surface area contributed by atoms with Crippen molar-refractivity contribution in [2.45, 2.75) is 38.0 Å². The van der Waals surface area contributed by atoms with E-state index in [1.165, 1.54) is 6.21 Å². The lowest BCUT2D eigenvalue weighted by Gasteiger charge is -2.09. The first-order chi connectivity index (χ1) is 18.3. The Hall–Kier alpha value is -3.72. The van der Waals surface area contributed by atoms with Gasteiger partial charge in [0, 0.05) is 22.7 Å². The average Bonchev–Trinajstić information content (AvgIpc) is 3.62. The van der Waals surface area contributed by atoms with Gasteiger partial charge < -0.3 is 4.57 Å². The van der Waals surface area contributed by atoms with E-state index in [1.807, 2.05) is 12.1 Å². The fourth-order valence-electron chi connectivity index (χ4n) is 3.43. The summed E-state index contributed by atoms with van der Waals surface area (Å²) < 4.78 is 54.9. The topological polar surface area (TPSA) is 119 Å². The summed E-state index contributed by atoms with van der Waals surface area (Å²) in [5.74, 6) is -0.262. The molecule has 0 fully saturated rings. The Balaban J connectivity index is 1.37. The van der Waals surface area contributed by atoms with E-state index in [-0.39, 0.29) is 18.1 Å². The van der Waals surface area contributed by atoms with Crippen LogP contribution in [0.4, 0.5) is 17.6 Å². The highest BCUT2D eigenvalue weighted by atomic mass is 35.5. The number of carbonyl (C=O) groups is 1. The number of hydrogen-bond donors (Lipinski definition) is 2. The van der Waals surface area contributed by atoms with Gasteiger partial charge in [0.1, 0.15) is 17.9 Å². The van der Waals surface area contributed by atoms with Crippen LogP contribution in [0.15, 0.2) is 46.8 Å². The first-order valence-electron chi connectivity index (χ1n) is 11.1. The maximum absolute atomic E-state index is 13.3. The molecule has 0 aliphatic rings. The van der Waals surface area contributed by atoms with Gasteiger partial charge >= 0.3 is 0 Å². The van der Waals surface area contributed by atoms with Crippen LogP contribution in [0.3, 0.4) is 0 Å². The summed E-state index contributed by atoms with van der Waals surface area (Å²) in [5, 5.41) is 23.3. The Morgan fingerprint density at radius 2 is 1.97 bits per heavy atom. The number of carbonyl (C=O) groups excluding carboxylic acids is 1. The molecule has 0 spiro atoms. The quantitative estimate of drug-likeness (QED) is 0.117. The molecule has 200 valence electrons. The minimum atomic E-state index is -2.99. The number of nitrogens with zero attached hydrogens (tertiary/aromatic N) is 7. The fourth-order valence-corrected chi connectivity index (χ4v) is 4.37. The van der Waals surface area contributed by atoms with Crippen LogP contribution in [0, 0.1) is 0 Å². The molecule has 3 heterocycles. The zero-order valence-corrected chi connectivity index (χ0v) is 21.2. The van der Waals surface area contributed by atoms with Crippen molar-refractivity contribution in [3.63, 3.8) is 0 Å². The molecule has 0 atom stereocenters. The normalized spacial score (nSPS) is 11.8. The molecule has 10 nitrogen and oxygen atoms in total. The molecule has 0 aliphatic heterocycles. The predicted octanol–water partition coefficient (Wildman–Crippen LogP) is 4.70. The maximum Gasteiger partial charge on any atom is 0.282 e. The summed E-state index contributed by atoms with van der Waals surface area (Å²) in [5.41, 5.74) is 3.21. The van der Waals surface area contributed by atoms with Crippen LogP contribution in [0.25, 0.3) is 11.3 Å². The zero-order valence-electron chi connectivity index (χ0n) is 19.7. The van der Waals surface area contributed by atoms with Crippen molar-refractivity contribution >= 4 is 35.5 Å². The standard InChI is InChI=1S/C22H20ClF4N9OS/c1-2-35-17(10-36-16(21(26)27)7-15(34-36)20(24)25)30-33-22(35)38-11-18(37)31-28-8-13-9-29-32-19(13)12-3-5-14(23)6-4-12/h3-9,20-21H,2,10-11H2,1H3,(H,29,32)(H,31,37)/b28-8+. The number of H-pyrrole nitrogens is 1. The van der Waals surface area contributed by atoms with Gasteiger partial charge in [0.15, 0.2) is 11.0 Å². The molecule has 0 saturated heterocycles. The van der Waals surface area contributed by atoms with Gasteiger partial charge in [-0.1, -0.05) is 35.5 Å². The van der Waals surface area contributed by atoms with Crippen LogP contribution in [0.5, 0.6) is 0 Å². The van der Waals surface area contributed by atoms with Gasteiger partial charge in [-0.25, -0.2) is 23.0 Å². The van der Waals surface area contributed by atoms with Crippen molar-refractivity contribution in [3.05, 3.63) is 64.3 Å². The third-order valence-corrected chi connectivity index (χ3v) is 6.42.